The van der Waals surface area contributed by atoms with E-state index in [1.54, 1.807) is 0 Å². The van der Waals surface area contributed by atoms with Crippen LogP contribution < -0.4 is 5.73 Å². The number of hydrogen-bond donors (Lipinski definition) is 1. The maximum absolute atomic E-state index is 6.05. The van der Waals surface area contributed by atoms with Crippen LogP contribution >= 0.6 is 0 Å². The molecule has 0 atom stereocenters. The Morgan fingerprint density at radius 3 is 2.41 bits per heavy atom. The Morgan fingerprint density at radius 1 is 1.29 bits per heavy atom. The molecule has 2 fully saturated rings. The summed E-state index contributed by atoms with van der Waals surface area (Å²) in [5.74, 6) is 0.965. The summed E-state index contributed by atoms with van der Waals surface area (Å²) in [5, 5.41) is 0. The zero-order valence-electron chi connectivity index (χ0n) is 11.5. The van der Waals surface area contributed by atoms with Gasteiger partial charge in [0.05, 0.1) is 0 Å². The largest absolute Gasteiger partial charge is 0.381 e. The average molecular weight is 240 g/mol. The van der Waals surface area contributed by atoms with Gasteiger partial charge >= 0.3 is 0 Å². The highest BCUT2D eigenvalue weighted by atomic mass is 16.5. The van der Waals surface area contributed by atoms with Crippen LogP contribution in [0.1, 0.15) is 39.5 Å². The van der Waals surface area contributed by atoms with Gasteiger partial charge in [-0.3, -0.25) is 0 Å². The van der Waals surface area contributed by atoms with E-state index >= 15 is 0 Å². The molecule has 0 aromatic heterocycles. The van der Waals surface area contributed by atoms with Crippen LogP contribution in [0.5, 0.6) is 0 Å². The predicted octanol–water partition coefficient (Wildman–Crippen LogP) is 1.86. The fourth-order valence-electron chi connectivity index (χ4n) is 2.75. The molecule has 3 nitrogen and oxygen atoms in total. The first-order valence-electron chi connectivity index (χ1n) is 7.17. The third kappa shape index (κ3) is 3.67. The Hall–Kier alpha value is -0.120. The van der Waals surface area contributed by atoms with E-state index in [0.717, 1.165) is 38.5 Å². The minimum absolute atomic E-state index is 0.317. The van der Waals surface area contributed by atoms with Crippen molar-refractivity contribution in [3.05, 3.63) is 0 Å². The van der Waals surface area contributed by atoms with Crippen molar-refractivity contribution >= 4 is 0 Å². The summed E-state index contributed by atoms with van der Waals surface area (Å²) in [5.41, 5.74) is 6.37. The molecule has 0 amide bonds. The third-order valence-electron chi connectivity index (χ3n) is 4.44. The molecule has 100 valence electrons. The zero-order valence-corrected chi connectivity index (χ0v) is 11.5. The fraction of sp³-hybridized carbons (Fsp3) is 1.00. The van der Waals surface area contributed by atoms with E-state index in [1.165, 1.54) is 25.9 Å². The van der Waals surface area contributed by atoms with Crippen LogP contribution in [0.2, 0.25) is 0 Å². The first-order valence-corrected chi connectivity index (χ1v) is 7.17. The maximum atomic E-state index is 6.05. The second-order valence-corrected chi connectivity index (χ2v) is 6.28. The van der Waals surface area contributed by atoms with E-state index < -0.39 is 0 Å². The van der Waals surface area contributed by atoms with Crippen molar-refractivity contribution in [2.75, 3.05) is 32.8 Å². The molecule has 17 heavy (non-hydrogen) atoms. The van der Waals surface area contributed by atoms with Gasteiger partial charge in [0.15, 0.2) is 0 Å². The minimum Gasteiger partial charge on any atom is -0.381 e. The average Bonchev–Trinajstić information content (AvgIpc) is 3.13. The van der Waals surface area contributed by atoms with Crippen LogP contribution in [0.3, 0.4) is 0 Å². The minimum atomic E-state index is 0.317. The van der Waals surface area contributed by atoms with Crippen molar-refractivity contribution in [2.45, 2.75) is 45.6 Å². The van der Waals surface area contributed by atoms with E-state index in [-0.39, 0.29) is 0 Å². The first kappa shape index (κ1) is 13.3. The van der Waals surface area contributed by atoms with E-state index in [1.807, 2.05) is 0 Å². The monoisotopic (exact) mass is 240 g/mol. The van der Waals surface area contributed by atoms with E-state index in [9.17, 15) is 0 Å². The Kier molecular flexibility index (Phi) is 4.45. The number of nitrogens with zero attached hydrogens (tertiary/aromatic N) is 1. The maximum Gasteiger partial charge on any atom is 0.0472 e. The van der Waals surface area contributed by atoms with Crippen molar-refractivity contribution in [1.82, 2.24) is 4.90 Å². The number of nitrogens with two attached hydrogens (primary N) is 1. The van der Waals surface area contributed by atoms with Crippen LogP contribution in [0.25, 0.3) is 0 Å². The van der Waals surface area contributed by atoms with Gasteiger partial charge in [-0.1, -0.05) is 0 Å². The van der Waals surface area contributed by atoms with Crippen molar-refractivity contribution in [3.8, 4) is 0 Å². The van der Waals surface area contributed by atoms with Gasteiger partial charge in [-0.15, -0.1) is 0 Å². The van der Waals surface area contributed by atoms with Gasteiger partial charge in [-0.05, 0) is 57.4 Å². The van der Waals surface area contributed by atoms with Gasteiger partial charge in [0.2, 0.25) is 0 Å². The summed E-state index contributed by atoms with van der Waals surface area (Å²) in [6.45, 7) is 9.67. The van der Waals surface area contributed by atoms with Crippen LogP contribution in [0.15, 0.2) is 0 Å². The number of hydrogen-bond acceptors (Lipinski definition) is 3. The van der Waals surface area contributed by atoms with E-state index in [4.69, 9.17) is 10.5 Å². The number of rotatable bonds is 6. The Bertz CT molecular complexity index is 232. The molecule has 0 bridgehead atoms. The van der Waals surface area contributed by atoms with E-state index in [0.29, 0.717) is 11.5 Å². The summed E-state index contributed by atoms with van der Waals surface area (Å²) in [7, 11) is 0. The summed E-state index contributed by atoms with van der Waals surface area (Å²) in [4.78, 5) is 2.65. The van der Waals surface area contributed by atoms with Crippen molar-refractivity contribution < 1.29 is 4.74 Å². The van der Waals surface area contributed by atoms with Gasteiger partial charge in [-0.2, -0.15) is 0 Å². The van der Waals surface area contributed by atoms with Crippen LogP contribution in [0.4, 0.5) is 0 Å². The molecule has 2 N–H and O–H groups in total. The standard InChI is InChI=1S/C14H28N2O/c1-12(2)16(9-13-3-4-13)11-14(10-15)5-7-17-8-6-14/h12-13H,3-11,15H2,1-2H3. The molecule has 1 heterocycles. The molecule has 1 saturated heterocycles. The van der Waals surface area contributed by atoms with Crippen LogP contribution in [-0.4, -0.2) is 43.8 Å². The molecule has 0 aromatic rings. The first-order chi connectivity index (χ1) is 8.15. The Balaban J connectivity index is 1.93. The molecular weight excluding hydrogens is 212 g/mol. The SMILES string of the molecule is CC(C)N(CC1CC1)CC1(CN)CCOCC1. The van der Waals surface area contributed by atoms with Crippen molar-refractivity contribution in [1.29, 1.82) is 0 Å². The van der Waals surface area contributed by atoms with Crippen molar-refractivity contribution in [3.63, 3.8) is 0 Å². The third-order valence-corrected chi connectivity index (χ3v) is 4.44. The second kappa shape index (κ2) is 5.68. The summed E-state index contributed by atoms with van der Waals surface area (Å²) < 4.78 is 5.49. The molecule has 0 spiro atoms. The molecule has 0 radical (unpaired) electrons. The molecule has 3 heteroatoms. The second-order valence-electron chi connectivity index (χ2n) is 6.28. The molecule has 2 rings (SSSR count). The lowest BCUT2D eigenvalue weighted by Crippen LogP contribution is -2.48. The molecule has 1 aliphatic carbocycles. The zero-order chi connectivity index (χ0) is 12.3. The van der Waals surface area contributed by atoms with Gasteiger partial charge in [0, 0.05) is 32.3 Å². The van der Waals surface area contributed by atoms with Gasteiger partial charge < -0.3 is 15.4 Å². The normalized spacial score (nSPS) is 24.5. The van der Waals surface area contributed by atoms with E-state index in [2.05, 4.69) is 18.7 Å². The predicted molar refractivity (Wildman–Crippen MR) is 71.0 cm³/mol. The summed E-state index contributed by atoms with van der Waals surface area (Å²) in [6.07, 6.45) is 5.14. The quantitative estimate of drug-likeness (QED) is 0.770. The molecule has 2 aliphatic rings. The topological polar surface area (TPSA) is 38.5 Å². The van der Waals surface area contributed by atoms with Crippen LogP contribution in [-0.2, 0) is 4.74 Å². The Morgan fingerprint density at radius 2 is 1.94 bits per heavy atom. The summed E-state index contributed by atoms with van der Waals surface area (Å²) in [6, 6.07) is 0.641. The molecular formula is C14H28N2O. The highest BCUT2D eigenvalue weighted by Crippen LogP contribution is 2.34. The van der Waals surface area contributed by atoms with Gasteiger partial charge in [0.1, 0.15) is 0 Å². The lowest BCUT2D eigenvalue weighted by atomic mass is 9.79. The fourth-order valence-corrected chi connectivity index (χ4v) is 2.75. The lowest BCUT2D eigenvalue weighted by Gasteiger charge is -2.41. The Labute approximate surface area is 106 Å². The highest BCUT2D eigenvalue weighted by Gasteiger charge is 2.35. The smallest absolute Gasteiger partial charge is 0.0472 e. The van der Waals surface area contributed by atoms with Crippen molar-refractivity contribution in [2.24, 2.45) is 17.1 Å². The molecule has 0 unspecified atom stereocenters. The number of ether oxygens (including phenoxy) is 1. The van der Waals surface area contributed by atoms with Gasteiger partial charge in [0.25, 0.3) is 0 Å². The summed E-state index contributed by atoms with van der Waals surface area (Å²) >= 11 is 0. The van der Waals surface area contributed by atoms with Crippen LogP contribution in [0, 0.1) is 11.3 Å². The molecule has 0 aromatic carbocycles. The lowest BCUT2D eigenvalue weighted by molar-refractivity contribution is -0.00613. The molecule has 1 saturated carbocycles. The molecule has 1 aliphatic heterocycles. The van der Waals surface area contributed by atoms with Gasteiger partial charge in [-0.25, -0.2) is 0 Å². The highest BCUT2D eigenvalue weighted by molar-refractivity contribution is 4.89.